The van der Waals surface area contributed by atoms with Crippen molar-refractivity contribution in [2.75, 3.05) is 14.2 Å². The number of hydrogen-bond donors (Lipinski definition) is 0. The number of esters is 2. The quantitative estimate of drug-likeness (QED) is 0.368. The van der Waals surface area contributed by atoms with Gasteiger partial charge in [-0.15, -0.1) is 0 Å². The first kappa shape index (κ1) is 24.6. The molecule has 0 aliphatic rings. The van der Waals surface area contributed by atoms with Crippen molar-refractivity contribution in [2.24, 2.45) is 10.8 Å². The summed E-state index contributed by atoms with van der Waals surface area (Å²) in [5.41, 5.74) is -2.53. The van der Waals surface area contributed by atoms with Crippen molar-refractivity contribution in [2.45, 2.75) is 51.4 Å². The molecule has 0 N–H and O–H groups in total. The lowest BCUT2D eigenvalue weighted by molar-refractivity contribution is -0.152. The third kappa shape index (κ3) is 6.75. The summed E-state index contributed by atoms with van der Waals surface area (Å²) in [7, 11) is 2.42. The van der Waals surface area contributed by atoms with Crippen LogP contribution in [0.1, 0.15) is 51.4 Å². The number of ether oxygens (including phenoxy) is 2. The first-order valence-electron chi connectivity index (χ1n) is 8.77. The summed E-state index contributed by atoms with van der Waals surface area (Å²) in [6.07, 6.45) is 3.62. The molecule has 0 aliphatic carbocycles. The predicted octanol–water partition coefficient (Wildman–Crippen LogP) is 3.08. The number of carbonyl (C=O) groups excluding carboxylic acids is 2. The van der Waals surface area contributed by atoms with Gasteiger partial charge in [-0.2, -0.15) is 21.0 Å². The molecule has 0 rings (SSSR count). The number of nitriles is 4. The molecule has 0 aromatic carbocycles. The monoisotopic (exact) mass is 384 g/mol. The van der Waals surface area contributed by atoms with Gasteiger partial charge in [-0.3, -0.25) is 9.59 Å². The minimum absolute atomic E-state index is 0.0481. The molecule has 0 aromatic heterocycles. The molecule has 0 heterocycles. The number of carbonyl (C=O) groups is 2. The highest BCUT2D eigenvalue weighted by atomic mass is 16.5. The summed E-state index contributed by atoms with van der Waals surface area (Å²) in [6.45, 7) is 0. The van der Waals surface area contributed by atoms with Gasteiger partial charge in [0.25, 0.3) is 0 Å². The normalized spacial score (nSPS) is 10.9. The summed E-state index contributed by atoms with van der Waals surface area (Å²) in [6, 6.07) is 7.90. The van der Waals surface area contributed by atoms with Crippen LogP contribution in [0.4, 0.5) is 0 Å². The Labute approximate surface area is 165 Å². The van der Waals surface area contributed by atoms with Crippen LogP contribution < -0.4 is 0 Å². The minimum Gasteiger partial charge on any atom is -0.468 e. The molecule has 0 saturated heterocycles. The van der Waals surface area contributed by atoms with E-state index in [1.54, 1.807) is 0 Å². The molecule has 0 amide bonds. The highest BCUT2D eigenvalue weighted by Crippen LogP contribution is 2.39. The molecule has 0 saturated carbocycles. The van der Waals surface area contributed by atoms with Gasteiger partial charge in [0.15, 0.2) is 0 Å². The lowest BCUT2D eigenvalue weighted by Gasteiger charge is -2.30. The van der Waals surface area contributed by atoms with Gasteiger partial charge in [-0.25, -0.2) is 0 Å². The fraction of sp³-hybridized carbons (Fsp3) is 0.600. The van der Waals surface area contributed by atoms with Crippen molar-refractivity contribution >= 4 is 11.9 Å². The van der Waals surface area contributed by atoms with Crippen molar-refractivity contribution in [3.05, 3.63) is 12.2 Å². The molecule has 0 unspecified atom stereocenters. The second-order valence-corrected chi connectivity index (χ2v) is 6.26. The number of hydrogen-bond acceptors (Lipinski definition) is 8. The highest BCUT2D eigenvalue weighted by molar-refractivity contribution is 5.81. The zero-order chi connectivity index (χ0) is 21.5. The Morgan fingerprint density at radius 3 is 1.11 bits per heavy atom. The maximum Gasteiger partial charge on any atom is 0.315 e. The van der Waals surface area contributed by atoms with E-state index in [4.69, 9.17) is 30.5 Å². The topological polar surface area (TPSA) is 148 Å². The van der Waals surface area contributed by atoms with E-state index in [1.165, 1.54) is 26.4 Å². The third-order valence-electron chi connectivity index (χ3n) is 4.64. The molecule has 0 bridgehead atoms. The maximum atomic E-state index is 12.5. The van der Waals surface area contributed by atoms with Crippen LogP contribution in [0.15, 0.2) is 12.2 Å². The van der Waals surface area contributed by atoms with E-state index in [9.17, 15) is 9.59 Å². The smallest absolute Gasteiger partial charge is 0.315 e. The van der Waals surface area contributed by atoms with Crippen LogP contribution in [-0.2, 0) is 19.1 Å². The van der Waals surface area contributed by atoms with Crippen LogP contribution in [0.3, 0.4) is 0 Å². The average molecular weight is 384 g/mol. The standard InChI is InChI=1S/C20H24N4O4/c1-27-17(25)19(7-3-13-21,8-4-14-22)11-12-20(9-5-15-23,10-6-16-24)18(26)28-2/h11-12H,3-10H2,1-2H3/b12-11+. The third-order valence-corrected chi connectivity index (χ3v) is 4.64. The van der Waals surface area contributed by atoms with Crippen molar-refractivity contribution in [1.82, 2.24) is 0 Å². The van der Waals surface area contributed by atoms with Crippen LogP contribution in [0.5, 0.6) is 0 Å². The fourth-order valence-corrected chi connectivity index (χ4v) is 2.97. The summed E-state index contributed by atoms with van der Waals surface area (Å²) >= 11 is 0. The average Bonchev–Trinajstić information content (AvgIpc) is 2.73. The van der Waals surface area contributed by atoms with Gasteiger partial charge in [-0.05, 0) is 25.7 Å². The maximum absolute atomic E-state index is 12.5. The van der Waals surface area contributed by atoms with Crippen molar-refractivity contribution in [1.29, 1.82) is 21.0 Å². The van der Waals surface area contributed by atoms with E-state index in [-0.39, 0.29) is 51.4 Å². The van der Waals surface area contributed by atoms with Gasteiger partial charge < -0.3 is 9.47 Å². The van der Waals surface area contributed by atoms with E-state index >= 15 is 0 Å². The van der Waals surface area contributed by atoms with E-state index in [0.717, 1.165) is 0 Å². The Bertz CT molecular complexity index is 633. The molecule has 8 nitrogen and oxygen atoms in total. The molecule has 0 aromatic rings. The van der Waals surface area contributed by atoms with E-state index in [0.29, 0.717) is 0 Å². The van der Waals surface area contributed by atoms with Crippen LogP contribution in [0.2, 0.25) is 0 Å². The summed E-state index contributed by atoms with van der Waals surface area (Å²) in [5.74, 6) is -1.23. The van der Waals surface area contributed by atoms with E-state index in [1.807, 2.05) is 24.3 Å². The molecule has 28 heavy (non-hydrogen) atoms. The molecule has 0 radical (unpaired) electrons. The van der Waals surface area contributed by atoms with Gasteiger partial charge in [0.1, 0.15) is 0 Å². The molecule has 0 fully saturated rings. The number of nitrogens with zero attached hydrogens (tertiary/aromatic N) is 4. The molecule has 0 atom stereocenters. The first-order valence-corrected chi connectivity index (χ1v) is 8.77. The van der Waals surface area contributed by atoms with Gasteiger partial charge in [0, 0.05) is 25.7 Å². The Kier molecular flexibility index (Phi) is 11.4. The van der Waals surface area contributed by atoms with Crippen LogP contribution in [0, 0.1) is 56.2 Å². The lowest BCUT2D eigenvalue weighted by atomic mass is 9.73. The predicted molar refractivity (Wildman–Crippen MR) is 97.4 cm³/mol. The van der Waals surface area contributed by atoms with Crippen LogP contribution >= 0.6 is 0 Å². The number of rotatable bonds is 12. The molecule has 148 valence electrons. The Hall–Kier alpha value is -3.36. The highest BCUT2D eigenvalue weighted by Gasteiger charge is 2.41. The van der Waals surface area contributed by atoms with Crippen LogP contribution in [0.25, 0.3) is 0 Å². The van der Waals surface area contributed by atoms with Crippen molar-refractivity contribution in [3.8, 4) is 24.3 Å². The van der Waals surface area contributed by atoms with Crippen molar-refractivity contribution in [3.63, 3.8) is 0 Å². The van der Waals surface area contributed by atoms with Gasteiger partial charge in [-0.1, -0.05) is 12.2 Å². The molecule has 0 aliphatic heterocycles. The molecule has 8 heteroatoms. The minimum atomic E-state index is -1.27. The summed E-state index contributed by atoms with van der Waals surface area (Å²) < 4.78 is 9.79. The second kappa shape index (κ2) is 12.9. The second-order valence-electron chi connectivity index (χ2n) is 6.26. The van der Waals surface area contributed by atoms with Gasteiger partial charge in [0.2, 0.25) is 0 Å². The first-order chi connectivity index (χ1) is 13.4. The van der Waals surface area contributed by atoms with Crippen molar-refractivity contribution < 1.29 is 19.1 Å². The molecular weight excluding hydrogens is 360 g/mol. The summed E-state index contributed by atoms with van der Waals surface area (Å²) in [5, 5.41) is 35.8. The van der Waals surface area contributed by atoms with Gasteiger partial charge in [0.05, 0.1) is 49.3 Å². The lowest BCUT2D eigenvalue weighted by Crippen LogP contribution is -2.34. The van der Waals surface area contributed by atoms with Crippen LogP contribution in [-0.4, -0.2) is 26.2 Å². The van der Waals surface area contributed by atoms with E-state index < -0.39 is 22.8 Å². The zero-order valence-electron chi connectivity index (χ0n) is 16.2. The zero-order valence-corrected chi connectivity index (χ0v) is 16.2. The summed E-state index contributed by atoms with van der Waals surface area (Å²) in [4.78, 5) is 25.0. The molecular formula is C20H24N4O4. The van der Waals surface area contributed by atoms with Gasteiger partial charge >= 0.3 is 11.9 Å². The SMILES string of the molecule is COC(=O)C(/C=C/C(CCC#N)(CCC#N)C(=O)OC)(CCC#N)CCC#N. The van der Waals surface area contributed by atoms with E-state index in [2.05, 4.69) is 0 Å². The Balaban J connectivity index is 6.29. The Morgan fingerprint density at radius 1 is 0.679 bits per heavy atom. The fourth-order valence-electron chi connectivity index (χ4n) is 2.97. The number of methoxy groups -OCH3 is 2. The molecule has 0 spiro atoms. The Morgan fingerprint density at radius 2 is 0.929 bits per heavy atom. The largest absolute Gasteiger partial charge is 0.468 e.